The summed E-state index contributed by atoms with van der Waals surface area (Å²) in [4.78, 5) is 21.4. The lowest BCUT2D eigenvalue weighted by Crippen LogP contribution is -2.42. The van der Waals surface area contributed by atoms with E-state index < -0.39 is 5.60 Å². The number of carbonyl (C=O) groups excluding carboxylic acids is 1. The molecule has 0 aromatic carbocycles. The van der Waals surface area contributed by atoms with Gasteiger partial charge in [-0.05, 0) is 66.0 Å². The molecule has 2 saturated heterocycles. The highest BCUT2D eigenvalue weighted by atomic mass is 16.6. The van der Waals surface area contributed by atoms with E-state index in [1.54, 1.807) is 0 Å². The van der Waals surface area contributed by atoms with E-state index in [-0.39, 0.29) is 6.09 Å². The first-order valence-corrected chi connectivity index (χ1v) is 10.0. The van der Waals surface area contributed by atoms with E-state index >= 15 is 0 Å². The number of ether oxygens (including phenoxy) is 1. The zero-order valence-corrected chi connectivity index (χ0v) is 16.8. The number of aromatic nitrogens is 2. The summed E-state index contributed by atoms with van der Waals surface area (Å²) in [5.74, 6) is 1.80. The molecule has 26 heavy (non-hydrogen) atoms. The van der Waals surface area contributed by atoms with Crippen LogP contribution in [0.4, 0.5) is 4.79 Å². The van der Waals surface area contributed by atoms with Crippen molar-refractivity contribution in [3.8, 4) is 0 Å². The lowest BCUT2D eigenvalue weighted by Gasteiger charge is -2.37. The maximum atomic E-state index is 12.3. The quantitative estimate of drug-likeness (QED) is 0.809. The standard InChI is InChI=1S/C20H34N4O2/c1-20(2,3)26-19(25)24-11-5-6-17(9-14-24)23-12-7-16(8-13-23)18-21-10-15-22(18)4/h10,15-17H,5-9,11-14H2,1-4H3. The average Bonchev–Trinajstić information content (AvgIpc) is 2.86. The van der Waals surface area contributed by atoms with Crippen LogP contribution in [0.15, 0.2) is 12.4 Å². The van der Waals surface area contributed by atoms with Crippen molar-refractivity contribution in [3.63, 3.8) is 0 Å². The third kappa shape index (κ3) is 4.78. The van der Waals surface area contributed by atoms with Gasteiger partial charge in [0.25, 0.3) is 0 Å². The molecule has 1 amide bonds. The monoisotopic (exact) mass is 362 g/mol. The second kappa shape index (κ2) is 7.99. The van der Waals surface area contributed by atoms with Gasteiger partial charge in [0, 0.05) is 44.5 Å². The number of imidazole rings is 1. The average molecular weight is 363 g/mol. The maximum absolute atomic E-state index is 12.3. The number of carbonyl (C=O) groups is 1. The Hall–Kier alpha value is -1.56. The van der Waals surface area contributed by atoms with Gasteiger partial charge in [-0.1, -0.05) is 0 Å². The minimum atomic E-state index is -0.421. The summed E-state index contributed by atoms with van der Waals surface area (Å²) in [6, 6.07) is 0.588. The van der Waals surface area contributed by atoms with Crippen molar-refractivity contribution in [3.05, 3.63) is 18.2 Å². The van der Waals surface area contributed by atoms with E-state index in [0.717, 1.165) is 39.0 Å². The van der Waals surface area contributed by atoms with Crippen LogP contribution >= 0.6 is 0 Å². The number of hydrogen-bond donors (Lipinski definition) is 0. The lowest BCUT2D eigenvalue weighted by atomic mass is 9.93. The highest BCUT2D eigenvalue weighted by molar-refractivity contribution is 5.68. The number of rotatable bonds is 2. The number of nitrogens with zero attached hydrogens (tertiary/aromatic N) is 4. The molecule has 6 heteroatoms. The highest BCUT2D eigenvalue weighted by Gasteiger charge is 2.30. The zero-order chi connectivity index (χ0) is 18.7. The second-order valence-corrected chi connectivity index (χ2v) is 8.76. The van der Waals surface area contributed by atoms with Crippen LogP contribution in [0.3, 0.4) is 0 Å². The summed E-state index contributed by atoms with van der Waals surface area (Å²) in [6.07, 6.45) is 9.42. The molecule has 0 bridgehead atoms. The van der Waals surface area contributed by atoms with Crippen LogP contribution in [0.5, 0.6) is 0 Å². The molecular weight excluding hydrogens is 328 g/mol. The highest BCUT2D eigenvalue weighted by Crippen LogP contribution is 2.29. The van der Waals surface area contributed by atoms with Crippen LogP contribution < -0.4 is 0 Å². The zero-order valence-electron chi connectivity index (χ0n) is 16.8. The summed E-state index contributed by atoms with van der Waals surface area (Å²) in [6.45, 7) is 9.67. The van der Waals surface area contributed by atoms with Crippen molar-refractivity contribution in [1.29, 1.82) is 0 Å². The molecule has 1 aromatic heterocycles. The van der Waals surface area contributed by atoms with Crippen LogP contribution in [0.1, 0.15) is 64.6 Å². The molecule has 2 aliphatic rings. The molecule has 146 valence electrons. The van der Waals surface area contributed by atoms with E-state index in [2.05, 4.69) is 21.5 Å². The molecule has 2 fully saturated rings. The van der Waals surface area contributed by atoms with Crippen LogP contribution in [-0.4, -0.2) is 63.3 Å². The molecule has 0 spiro atoms. The van der Waals surface area contributed by atoms with Gasteiger partial charge in [0.1, 0.15) is 11.4 Å². The Morgan fingerprint density at radius 2 is 1.85 bits per heavy atom. The third-order valence-corrected chi connectivity index (χ3v) is 5.62. The number of piperidine rings is 1. The van der Waals surface area contributed by atoms with Gasteiger partial charge in [-0.15, -0.1) is 0 Å². The molecule has 6 nitrogen and oxygen atoms in total. The number of likely N-dealkylation sites (tertiary alicyclic amines) is 2. The minimum Gasteiger partial charge on any atom is -0.444 e. The lowest BCUT2D eigenvalue weighted by molar-refractivity contribution is 0.0251. The Morgan fingerprint density at radius 3 is 2.46 bits per heavy atom. The molecule has 1 atom stereocenters. The van der Waals surface area contributed by atoms with Crippen molar-refractivity contribution < 1.29 is 9.53 Å². The molecule has 0 N–H and O–H groups in total. The molecule has 3 rings (SSSR count). The molecule has 0 radical (unpaired) electrons. The fourth-order valence-electron chi connectivity index (χ4n) is 4.25. The third-order valence-electron chi connectivity index (χ3n) is 5.62. The topological polar surface area (TPSA) is 50.6 Å². The van der Waals surface area contributed by atoms with Gasteiger partial charge >= 0.3 is 6.09 Å². The molecule has 0 aliphatic carbocycles. The molecule has 1 aromatic rings. The Labute approximate surface area is 157 Å². The molecule has 2 aliphatic heterocycles. The number of amides is 1. The Balaban J connectivity index is 1.49. The van der Waals surface area contributed by atoms with E-state index in [4.69, 9.17) is 4.74 Å². The molecule has 1 unspecified atom stereocenters. The van der Waals surface area contributed by atoms with Crippen LogP contribution in [0.2, 0.25) is 0 Å². The van der Waals surface area contributed by atoms with Gasteiger partial charge in [0.15, 0.2) is 0 Å². The molecule has 3 heterocycles. The van der Waals surface area contributed by atoms with E-state index in [1.807, 2.05) is 38.1 Å². The first-order chi connectivity index (χ1) is 12.3. The van der Waals surface area contributed by atoms with Gasteiger partial charge in [0.05, 0.1) is 0 Å². The van der Waals surface area contributed by atoms with E-state index in [9.17, 15) is 4.79 Å². The fraction of sp³-hybridized carbons (Fsp3) is 0.800. The fourth-order valence-corrected chi connectivity index (χ4v) is 4.25. The molecular formula is C20H34N4O2. The van der Waals surface area contributed by atoms with E-state index in [0.29, 0.717) is 12.0 Å². The van der Waals surface area contributed by atoms with E-state index in [1.165, 1.54) is 25.1 Å². The minimum absolute atomic E-state index is 0.161. The van der Waals surface area contributed by atoms with Crippen LogP contribution in [-0.2, 0) is 11.8 Å². The van der Waals surface area contributed by atoms with Gasteiger partial charge in [0.2, 0.25) is 0 Å². The van der Waals surface area contributed by atoms with Gasteiger partial charge in [-0.3, -0.25) is 0 Å². The number of hydrogen-bond acceptors (Lipinski definition) is 4. The van der Waals surface area contributed by atoms with Crippen LogP contribution in [0.25, 0.3) is 0 Å². The van der Waals surface area contributed by atoms with Crippen molar-refractivity contribution in [1.82, 2.24) is 19.4 Å². The first kappa shape index (κ1) is 19.2. The van der Waals surface area contributed by atoms with Crippen molar-refractivity contribution in [2.45, 2.75) is 70.4 Å². The van der Waals surface area contributed by atoms with Gasteiger partial charge in [-0.2, -0.15) is 0 Å². The predicted molar refractivity (Wildman–Crippen MR) is 102 cm³/mol. The number of aryl methyl sites for hydroxylation is 1. The summed E-state index contributed by atoms with van der Waals surface area (Å²) in [5.41, 5.74) is -0.421. The van der Waals surface area contributed by atoms with Crippen molar-refractivity contribution in [2.75, 3.05) is 26.2 Å². The largest absolute Gasteiger partial charge is 0.444 e. The van der Waals surface area contributed by atoms with Crippen LogP contribution in [0, 0.1) is 0 Å². The summed E-state index contributed by atoms with van der Waals surface area (Å²) in [7, 11) is 2.09. The smallest absolute Gasteiger partial charge is 0.410 e. The van der Waals surface area contributed by atoms with Gasteiger partial charge in [-0.25, -0.2) is 9.78 Å². The summed E-state index contributed by atoms with van der Waals surface area (Å²) in [5, 5.41) is 0. The Kier molecular flexibility index (Phi) is 5.90. The maximum Gasteiger partial charge on any atom is 0.410 e. The van der Waals surface area contributed by atoms with Crippen molar-refractivity contribution in [2.24, 2.45) is 7.05 Å². The molecule has 0 saturated carbocycles. The van der Waals surface area contributed by atoms with Gasteiger partial charge < -0.3 is 19.1 Å². The normalized spacial score (nSPS) is 23.7. The SMILES string of the molecule is Cn1ccnc1C1CCN(C2CCCN(C(=O)OC(C)(C)C)CC2)CC1. The predicted octanol–water partition coefficient (Wildman–Crippen LogP) is 3.39. The van der Waals surface area contributed by atoms with Crippen molar-refractivity contribution >= 4 is 6.09 Å². The first-order valence-electron chi connectivity index (χ1n) is 10.0. The summed E-state index contributed by atoms with van der Waals surface area (Å²) >= 11 is 0. The Morgan fingerprint density at radius 1 is 1.12 bits per heavy atom. The second-order valence-electron chi connectivity index (χ2n) is 8.76. The Bertz CT molecular complexity index is 599. The summed E-state index contributed by atoms with van der Waals surface area (Å²) < 4.78 is 7.70.